The van der Waals surface area contributed by atoms with Crippen LogP contribution in [-0.4, -0.2) is 0 Å². The zero-order chi connectivity index (χ0) is 59.9. The molecule has 0 amide bonds. The Balaban J connectivity index is 0.607. The molecule has 0 heteroatoms. The molecule has 13 aromatic rings. The van der Waals surface area contributed by atoms with Crippen LogP contribution in [0.4, 0.5) is 0 Å². The first-order valence-electron chi connectivity index (χ1n) is 32.0. The van der Waals surface area contributed by atoms with Crippen LogP contribution < -0.4 is 0 Å². The Labute approximate surface area is 518 Å². The maximum Gasteiger partial charge on any atom is 0.0159 e. The molecule has 88 heavy (non-hydrogen) atoms. The van der Waals surface area contributed by atoms with Crippen LogP contribution in [0.3, 0.4) is 0 Å². The van der Waals surface area contributed by atoms with E-state index >= 15 is 0 Å². The minimum atomic E-state index is -0.163. The molecule has 0 spiro atoms. The lowest BCUT2D eigenvalue weighted by Crippen LogP contribution is -2.15. The average molecular weight is 1130 g/mol. The van der Waals surface area contributed by atoms with Gasteiger partial charge in [0.05, 0.1) is 0 Å². The molecule has 0 radical (unpaired) electrons. The van der Waals surface area contributed by atoms with Crippen molar-refractivity contribution in [1.82, 2.24) is 0 Å². The molecule has 0 atom stereocenters. The molecule has 0 N–H and O–H groups in total. The highest BCUT2D eigenvalue weighted by Gasteiger charge is 2.38. The van der Waals surface area contributed by atoms with Crippen molar-refractivity contribution in [3.8, 4) is 89.0 Å². The van der Waals surface area contributed by atoms with Crippen LogP contribution >= 0.6 is 0 Å². The van der Waals surface area contributed by atoms with E-state index < -0.39 is 0 Å². The van der Waals surface area contributed by atoms with Crippen molar-refractivity contribution in [1.29, 1.82) is 0 Å². The average Bonchev–Trinajstić information content (AvgIpc) is 1.74. The first kappa shape index (κ1) is 52.9. The molecular formula is C88H72. The van der Waals surface area contributed by atoms with Gasteiger partial charge in [-0.1, -0.05) is 281 Å². The van der Waals surface area contributed by atoms with E-state index in [-0.39, 0.29) is 21.7 Å². The summed E-state index contributed by atoms with van der Waals surface area (Å²) in [5.74, 6) is 0. The number of benzene rings is 13. The molecule has 0 saturated heterocycles. The molecule has 4 aliphatic carbocycles. The molecule has 0 unspecified atom stereocenters. The predicted molar refractivity (Wildman–Crippen MR) is 378 cm³/mol. The molecule has 13 aromatic carbocycles. The second kappa shape index (κ2) is 18.6. The van der Waals surface area contributed by atoms with Gasteiger partial charge in [-0.2, -0.15) is 0 Å². The fourth-order valence-corrected chi connectivity index (χ4v) is 16.1. The summed E-state index contributed by atoms with van der Waals surface area (Å²) in [6, 6.07) is 84.6. The number of allylic oxidation sites excluding steroid dienone is 3. The molecule has 0 fully saturated rings. The van der Waals surface area contributed by atoms with Gasteiger partial charge >= 0.3 is 0 Å². The van der Waals surface area contributed by atoms with Gasteiger partial charge < -0.3 is 0 Å². The summed E-state index contributed by atoms with van der Waals surface area (Å²) in [6.45, 7) is 23.6. The standard InChI is InChI=1S/C88H72/c1-85(2,3)67-43-63-25-23-57-27-35-69(75-41-33-65(45-67)81(63)83(57)75)55-19-15-52(16-20-55)51-11-13-53(14-12-51)59-29-37-71-73-39-31-61(49-79(73)87(7,8)77(71)47-59)62-32-40-74-72-38-30-60(48-78(72)88(9,10)80(74)50-62)54-17-21-56(22-18-54)70-36-28-58-24-26-64-44-68(86(4,5)6)46-66-34-42-76(70)84(58)82(64)66/h11-40,42-44,46-50H,41,45H2,1-10H3. The highest BCUT2D eigenvalue weighted by molar-refractivity contribution is 6.25. The monoisotopic (exact) mass is 1130 g/mol. The maximum absolute atomic E-state index is 2.51. The molecule has 0 heterocycles. The van der Waals surface area contributed by atoms with E-state index in [1.165, 1.54) is 188 Å². The van der Waals surface area contributed by atoms with E-state index in [9.17, 15) is 0 Å². The summed E-state index contributed by atoms with van der Waals surface area (Å²) in [5.41, 5.74) is 34.7. The normalized spacial score (nSPS) is 15.2. The fourth-order valence-electron chi connectivity index (χ4n) is 16.1. The van der Waals surface area contributed by atoms with Crippen LogP contribution in [-0.2, 0) is 22.7 Å². The molecule has 0 bridgehead atoms. The van der Waals surface area contributed by atoms with Gasteiger partial charge in [0.2, 0.25) is 0 Å². The van der Waals surface area contributed by atoms with E-state index in [1.54, 1.807) is 0 Å². The summed E-state index contributed by atoms with van der Waals surface area (Å²) in [4.78, 5) is 0. The smallest absolute Gasteiger partial charge is 0.0159 e. The summed E-state index contributed by atoms with van der Waals surface area (Å²) < 4.78 is 0. The summed E-state index contributed by atoms with van der Waals surface area (Å²) in [7, 11) is 0. The van der Waals surface area contributed by atoms with Crippen molar-refractivity contribution in [2.45, 2.75) is 98.3 Å². The largest absolute Gasteiger partial charge is 0.0759 e. The lowest BCUT2D eigenvalue weighted by atomic mass is 9.72. The maximum atomic E-state index is 2.51. The van der Waals surface area contributed by atoms with Gasteiger partial charge in [-0.3, -0.25) is 0 Å². The second-order valence-corrected chi connectivity index (χ2v) is 29.2. The quantitative estimate of drug-likeness (QED) is 0.146. The Bertz CT molecular complexity index is 5190. The number of hydrogen-bond donors (Lipinski definition) is 0. The molecule has 0 nitrogen and oxygen atoms in total. The predicted octanol–water partition coefficient (Wildman–Crippen LogP) is 24.4. The van der Waals surface area contributed by atoms with Crippen LogP contribution in [0, 0.1) is 5.41 Å². The van der Waals surface area contributed by atoms with Crippen LogP contribution in [0.2, 0.25) is 0 Å². The molecule has 0 aliphatic heterocycles. The van der Waals surface area contributed by atoms with Crippen molar-refractivity contribution in [2.24, 2.45) is 5.41 Å². The van der Waals surface area contributed by atoms with E-state index in [0.29, 0.717) is 0 Å². The highest BCUT2D eigenvalue weighted by Crippen LogP contribution is 2.55. The third-order valence-electron chi connectivity index (χ3n) is 21.3. The molecular weight excluding hydrogens is 1060 g/mol. The second-order valence-electron chi connectivity index (χ2n) is 29.2. The van der Waals surface area contributed by atoms with Crippen LogP contribution in [0.1, 0.15) is 120 Å². The zero-order valence-electron chi connectivity index (χ0n) is 52.4. The fraction of sp³-hybridized carbons (Fsp3) is 0.182. The molecule has 17 rings (SSSR count). The van der Waals surface area contributed by atoms with Gasteiger partial charge in [0.1, 0.15) is 0 Å². The number of hydrogen-bond acceptors (Lipinski definition) is 0. The van der Waals surface area contributed by atoms with E-state index in [0.717, 1.165) is 12.8 Å². The van der Waals surface area contributed by atoms with Crippen molar-refractivity contribution in [3.05, 3.63) is 275 Å². The van der Waals surface area contributed by atoms with Crippen LogP contribution in [0.15, 0.2) is 230 Å². The number of fused-ring (bicyclic) bond motifs is 6. The Kier molecular flexibility index (Phi) is 11.2. The number of rotatable bonds is 6. The van der Waals surface area contributed by atoms with Gasteiger partial charge in [0.15, 0.2) is 0 Å². The zero-order valence-corrected chi connectivity index (χ0v) is 52.4. The van der Waals surface area contributed by atoms with Gasteiger partial charge in [-0.15, -0.1) is 0 Å². The third kappa shape index (κ3) is 7.96. The molecule has 0 aromatic heterocycles. The van der Waals surface area contributed by atoms with Gasteiger partial charge in [0.25, 0.3) is 0 Å². The third-order valence-corrected chi connectivity index (χ3v) is 21.3. The first-order chi connectivity index (χ1) is 42.3. The van der Waals surface area contributed by atoms with E-state index in [4.69, 9.17) is 0 Å². The minimum absolute atomic E-state index is 0.0907. The Morgan fingerprint density at radius 2 is 0.693 bits per heavy atom. The van der Waals surface area contributed by atoms with Gasteiger partial charge in [-0.25, -0.2) is 0 Å². The molecule has 0 saturated carbocycles. The summed E-state index contributed by atoms with van der Waals surface area (Å²) in [5, 5.41) is 10.8. The van der Waals surface area contributed by atoms with E-state index in [1.807, 2.05) is 0 Å². The van der Waals surface area contributed by atoms with Crippen molar-refractivity contribution in [3.63, 3.8) is 0 Å². The molecule has 4 aliphatic rings. The Morgan fingerprint density at radius 3 is 1.18 bits per heavy atom. The van der Waals surface area contributed by atoms with Crippen LogP contribution in [0.25, 0.3) is 144 Å². The van der Waals surface area contributed by atoms with Gasteiger partial charge in [-0.05, 0) is 230 Å². The first-order valence-corrected chi connectivity index (χ1v) is 32.0. The lowest BCUT2D eigenvalue weighted by Gasteiger charge is -2.32. The van der Waals surface area contributed by atoms with E-state index in [2.05, 4.69) is 300 Å². The summed E-state index contributed by atoms with van der Waals surface area (Å²) >= 11 is 0. The summed E-state index contributed by atoms with van der Waals surface area (Å²) in [6.07, 6.45) is 7.00. The minimum Gasteiger partial charge on any atom is -0.0759 e. The van der Waals surface area contributed by atoms with Gasteiger partial charge in [0, 0.05) is 10.8 Å². The van der Waals surface area contributed by atoms with Crippen molar-refractivity contribution in [2.75, 3.05) is 0 Å². The van der Waals surface area contributed by atoms with Crippen molar-refractivity contribution >= 4 is 54.7 Å². The molecule has 424 valence electrons. The Morgan fingerprint density at radius 1 is 0.318 bits per heavy atom. The highest BCUT2D eigenvalue weighted by atomic mass is 14.4. The SMILES string of the molecule is CC(C)(C)C1=Cc2ccc3ccc(-c4ccc(-c5ccc(-c6ccc7c(c6)C(C)(C)c6cc(-c8ccc9c(c8)C(C)(C)c8cc(-c%10ccc(-c%11ccc%12ccc%13cc(C(C)(C)C)cc%14ccc%11c%12c%13%14)cc%10)ccc8-9)ccc6-7)cc5)cc4)c4c3c2C(=CC4)C1. The van der Waals surface area contributed by atoms with Crippen molar-refractivity contribution < 1.29 is 0 Å². The lowest BCUT2D eigenvalue weighted by molar-refractivity contribution is 0.498. The topological polar surface area (TPSA) is 0 Å². The Hall–Kier alpha value is -9.36. The van der Waals surface area contributed by atoms with Crippen LogP contribution in [0.5, 0.6) is 0 Å².